The summed E-state index contributed by atoms with van der Waals surface area (Å²) in [6.45, 7) is 3.10. The van der Waals surface area contributed by atoms with E-state index in [2.05, 4.69) is 4.90 Å². The van der Waals surface area contributed by atoms with Crippen LogP contribution in [0.5, 0.6) is 0 Å². The molecule has 2 aliphatic heterocycles. The summed E-state index contributed by atoms with van der Waals surface area (Å²) in [6, 6.07) is 4.51. The van der Waals surface area contributed by atoms with E-state index < -0.39 is 5.91 Å². The van der Waals surface area contributed by atoms with Gasteiger partial charge in [0, 0.05) is 24.5 Å². The van der Waals surface area contributed by atoms with Crippen molar-refractivity contribution in [2.75, 3.05) is 26.2 Å². The van der Waals surface area contributed by atoms with E-state index in [1.807, 2.05) is 0 Å². The molecule has 0 saturated carbocycles. The molecule has 2 saturated heterocycles. The molecular formula is C18H23ClFN3O2. The molecule has 1 spiro atoms. The third kappa shape index (κ3) is 4.30. The van der Waals surface area contributed by atoms with Gasteiger partial charge >= 0.3 is 0 Å². The fourth-order valence-corrected chi connectivity index (χ4v) is 4.15. The summed E-state index contributed by atoms with van der Waals surface area (Å²) >= 11 is 6.12. The van der Waals surface area contributed by atoms with Crippen LogP contribution in [0.4, 0.5) is 4.39 Å². The predicted octanol–water partition coefficient (Wildman–Crippen LogP) is 2.17. The lowest BCUT2D eigenvalue weighted by atomic mass is 9.72. The minimum atomic E-state index is -0.464. The van der Waals surface area contributed by atoms with E-state index >= 15 is 0 Å². The summed E-state index contributed by atoms with van der Waals surface area (Å²) in [4.78, 5) is 27.1. The van der Waals surface area contributed by atoms with Gasteiger partial charge in [-0.25, -0.2) is 4.39 Å². The molecule has 2 heterocycles. The normalized spacial score (nSPS) is 20.9. The number of carbonyl (C=O) groups excluding carboxylic acids is 2. The molecule has 2 fully saturated rings. The number of amides is 2. The zero-order chi connectivity index (χ0) is 18.0. The van der Waals surface area contributed by atoms with Gasteiger partial charge in [-0.1, -0.05) is 17.7 Å². The molecule has 2 amide bonds. The molecule has 0 unspecified atom stereocenters. The van der Waals surface area contributed by atoms with Crippen molar-refractivity contribution >= 4 is 23.4 Å². The van der Waals surface area contributed by atoms with Crippen LogP contribution in [0.2, 0.25) is 5.02 Å². The highest BCUT2D eigenvalue weighted by Gasteiger charge is 2.41. The summed E-state index contributed by atoms with van der Waals surface area (Å²) in [6.07, 6.45) is 3.28. The summed E-state index contributed by atoms with van der Waals surface area (Å²) in [5, 5.41) is 0.455. The smallest absolute Gasteiger partial charge is 0.237 e. The Hall–Kier alpha value is -1.66. The van der Waals surface area contributed by atoms with E-state index in [0.717, 1.165) is 37.9 Å². The van der Waals surface area contributed by atoms with Crippen molar-refractivity contribution in [2.45, 2.75) is 32.2 Å². The van der Waals surface area contributed by atoms with Gasteiger partial charge in [0.25, 0.3) is 0 Å². The monoisotopic (exact) mass is 367 g/mol. The zero-order valence-corrected chi connectivity index (χ0v) is 14.9. The molecule has 3 rings (SSSR count). The first kappa shape index (κ1) is 18.1. The van der Waals surface area contributed by atoms with Crippen molar-refractivity contribution in [2.24, 2.45) is 11.1 Å². The molecule has 1 aromatic carbocycles. The lowest BCUT2D eigenvalue weighted by Gasteiger charge is -2.47. The lowest BCUT2D eigenvalue weighted by molar-refractivity contribution is -0.142. The first-order chi connectivity index (χ1) is 11.9. The number of hydrogen-bond acceptors (Lipinski definition) is 3. The van der Waals surface area contributed by atoms with Crippen molar-refractivity contribution < 1.29 is 14.0 Å². The second-order valence-electron chi connectivity index (χ2n) is 7.23. The Kier molecular flexibility index (Phi) is 5.29. The topological polar surface area (TPSA) is 66.6 Å². The average molecular weight is 368 g/mol. The Labute approximate surface area is 151 Å². The van der Waals surface area contributed by atoms with Crippen molar-refractivity contribution in [3.63, 3.8) is 0 Å². The Morgan fingerprint density at radius 2 is 2.00 bits per heavy atom. The SMILES string of the molecule is NC(=O)CN1CC2(CCC1=O)CCN(Cc1ccc(F)cc1Cl)CC2. The fourth-order valence-electron chi connectivity index (χ4n) is 3.92. The minimum Gasteiger partial charge on any atom is -0.368 e. The van der Waals surface area contributed by atoms with Gasteiger partial charge in [0.1, 0.15) is 5.82 Å². The number of benzene rings is 1. The summed E-state index contributed by atoms with van der Waals surface area (Å²) in [5.74, 6) is -0.772. The molecule has 7 heteroatoms. The van der Waals surface area contributed by atoms with Crippen LogP contribution in [0.25, 0.3) is 0 Å². The van der Waals surface area contributed by atoms with Crippen LogP contribution < -0.4 is 5.73 Å². The molecule has 5 nitrogen and oxygen atoms in total. The molecule has 0 aromatic heterocycles. The number of halogens is 2. The molecule has 0 bridgehead atoms. The van der Waals surface area contributed by atoms with Gasteiger partial charge in [-0.15, -0.1) is 0 Å². The van der Waals surface area contributed by atoms with Gasteiger partial charge in [0.2, 0.25) is 11.8 Å². The maximum Gasteiger partial charge on any atom is 0.237 e. The summed E-state index contributed by atoms with van der Waals surface area (Å²) in [7, 11) is 0. The average Bonchev–Trinajstić information content (AvgIpc) is 2.55. The van der Waals surface area contributed by atoms with Gasteiger partial charge < -0.3 is 10.6 Å². The fraction of sp³-hybridized carbons (Fsp3) is 0.556. The van der Waals surface area contributed by atoms with Gasteiger partial charge in [-0.05, 0) is 55.5 Å². The molecule has 0 radical (unpaired) electrons. The van der Waals surface area contributed by atoms with E-state index in [0.29, 0.717) is 24.5 Å². The zero-order valence-electron chi connectivity index (χ0n) is 14.1. The van der Waals surface area contributed by atoms with E-state index in [1.165, 1.54) is 12.1 Å². The first-order valence-electron chi connectivity index (χ1n) is 8.59. The largest absolute Gasteiger partial charge is 0.368 e. The number of piperidine rings is 2. The number of nitrogens with zero attached hydrogens (tertiary/aromatic N) is 2. The maximum atomic E-state index is 13.2. The van der Waals surface area contributed by atoms with E-state index in [9.17, 15) is 14.0 Å². The molecule has 0 atom stereocenters. The van der Waals surface area contributed by atoms with Gasteiger partial charge in [-0.2, -0.15) is 0 Å². The lowest BCUT2D eigenvalue weighted by Crippen LogP contribution is -2.53. The van der Waals surface area contributed by atoms with E-state index in [1.54, 1.807) is 11.0 Å². The highest BCUT2D eigenvalue weighted by atomic mass is 35.5. The Balaban J connectivity index is 1.59. The summed E-state index contributed by atoms with van der Waals surface area (Å²) < 4.78 is 13.2. The molecule has 1 aromatic rings. The number of rotatable bonds is 4. The van der Waals surface area contributed by atoms with E-state index in [-0.39, 0.29) is 23.7 Å². The van der Waals surface area contributed by atoms with Gasteiger partial charge in [0.15, 0.2) is 0 Å². The number of likely N-dealkylation sites (tertiary alicyclic amines) is 2. The molecule has 0 aliphatic carbocycles. The molecule has 25 heavy (non-hydrogen) atoms. The van der Waals surface area contributed by atoms with Crippen LogP contribution >= 0.6 is 11.6 Å². The van der Waals surface area contributed by atoms with Crippen LogP contribution in [-0.2, 0) is 16.1 Å². The van der Waals surface area contributed by atoms with Crippen LogP contribution in [0, 0.1) is 11.2 Å². The molecule has 136 valence electrons. The molecular weight excluding hydrogens is 345 g/mol. The second kappa shape index (κ2) is 7.30. The van der Waals surface area contributed by atoms with Crippen molar-refractivity contribution in [3.8, 4) is 0 Å². The third-order valence-corrected chi connectivity index (χ3v) is 5.77. The molecule has 2 N–H and O–H groups in total. The molecule has 2 aliphatic rings. The van der Waals surface area contributed by atoms with Crippen LogP contribution in [-0.4, -0.2) is 47.8 Å². The van der Waals surface area contributed by atoms with Crippen LogP contribution in [0.3, 0.4) is 0 Å². The maximum absolute atomic E-state index is 13.2. The van der Waals surface area contributed by atoms with Crippen molar-refractivity contribution in [1.29, 1.82) is 0 Å². The third-order valence-electron chi connectivity index (χ3n) is 5.42. The quantitative estimate of drug-likeness (QED) is 0.886. The number of primary amides is 1. The summed E-state index contributed by atoms with van der Waals surface area (Å²) in [5.41, 5.74) is 6.26. The van der Waals surface area contributed by atoms with Crippen molar-refractivity contribution in [3.05, 3.63) is 34.6 Å². The predicted molar refractivity (Wildman–Crippen MR) is 93.4 cm³/mol. The van der Waals surface area contributed by atoms with Gasteiger partial charge in [0.05, 0.1) is 6.54 Å². The number of nitrogens with two attached hydrogens (primary N) is 1. The first-order valence-corrected chi connectivity index (χ1v) is 8.97. The van der Waals surface area contributed by atoms with Crippen LogP contribution in [0.15, 0.2) is 18.2 Å². The standard InChI is InChI=1S/C18H23ClFN3O2/c19-15-9-14(20)2-1-13(15)10-22-7-5-18(6-8-22)4-3-17(25)23(12-18)11-16(21)24/h1-2,9H,3-8,10-12H2,(H2,21,24). The van der Waals surface area contributed by atoms with Crippen molar-refractivity contribution in [1.82, 2.24) is 9.80 Å². The Bertz CT molecular complexity index is 674. The van der Waals surface area contributed by atoms with E-state index in [4.69, 9.17) is 17.3 Å². The van der Waals surface area contributed by atoms with Crippen LogP contribution in [0.1, 0.15) is 31.2 Å². The highest BCUT2D eigenvalue weighted by Crippen LogP contribution is 2.40. The number of hydrogen-bond donors (Lipinski definition) is 1. The minimum absolute atomic E-state index is 0.00941. The number of carbonyl (C=O) groups is 2. The Morgan fingerprint density at radius 1 is 1.28 bits per heavy atom. The van der Waals surface area contributed by atoms with Gasteiger partial charge in [-0.3, -0.25) is 14.5 Å². The Morgan fingerprint density at radius 3 is 2.64 bits per heavy atom. The highest BCUT2D eigenvalue weighted by molar-refractivity contribution is 6.31. The second-order valence-corrected chi connectivity index (χ2v) is 7.64.